The molecule has 0 radical (unpaired) electrons. The Morgan fingerprint density at radius 2 is 2.21 bits per heavy atom. The highest BCUT2D eigenvalue weighted by Gasteiger charge is 2.08. The second kappa shape index (κ2) is 5.34. The molecule has 0 saturated heterocycles. The van der Waals surface area contributed by atoms with Crippen molar-refractivity contribution in [2.45, 2.75) is 6.54 Å². The molecular formula is C11H11F2N5O. The molecule has 0 spiro atoms. The van der Waals surface area contributed by atoms with Crippen molar-refractivity contribution in [1.29, 1.82) is 0 Å². The number of halogens is 2. The highest BCUT2D eigenvalue weighted by atomic mass is 19.1. The maximum atomic E-state index is 13.3. The average Bonchev–Trinajstić information content (AvgIpc) is 2.76. The molecule has 2 aromatic rings. The summed E-state index contributed by atoms with van der Waals surface area (Å²) in [5, 5.41) is 10.9. The molecule has 6 nitrogen and oxygen atoms in total. The van der Waals surface area contributed by atoms with Gasteiger partial charge in [0.05, 0.1) is 11.9 Å². The summed E-state index contributed by atoms with van der Waals surface area (Å²) in [4.78, 5) is 11.5. The number of urea groups is 1. The average molecular weight is 267 g/mol. The Balaban J connectivity index is 1.93. The van der Waals surface area contributed by atoms with Crippen LogP contribution >= 0.6 is 0 Å². The highest BCUT2D eigenvalue weighted by molar-refractivity contribution is 5.89. The standard InChI is InChI=1S/C11H11F2N5O/c12-7-1-2-9(8(13)3-7)17-11(19)15-4-6-5-16-18-10(6)14/h1-3,5H,4H2,(H3,14,16,18)(H2,15,17,19). The van der Waals surface area contributed by atoms with E-state index in [-0.39, 0.29) is 12.2 Å². The minimum absolute atomic E-state index is 0.112. The molecule has 1 heterocycles. The van der Waals surface area contributed by atoms with Gasteiger partial charge in [-0.05, 0) is 12.1 Å². The monoisotopic (exact) mass is 267 g/mol. The third-order valence-electron chi connectivity index (χ3n) is 2.37. The number of aromatic amines is 1. The molecule has 0 atom stereocenters. The molecule has 100 valence electrons. The van der Waals surface area contributed by atoms with Crippen LogP contribution in [0.4, 0.5) is 25.1 Å². The number of amides is 2. The molecule has 1 aromatic heterocycles. The molecular weight excluding hydrogens is 256 g/mol. The van der Waals surface area contributed by atoms with Gasteiger partial charge < -0.3 is 16.4 Å². The smallest absolute Gasteiger partial charge is 0.319 e. The summed E-state index contributed by atoms with van der Waals surface area (Å²) in [7, 11) is 0. The molecule has 0 unspecified atom stereocenters. The summed E-state index contributed by atoms with van der Waals surface area (Å²) in [6.45, 7) is 0.136. The minimum Gasteiger partial charge on any atom is -0.384 e. The van der Waals surface area contributed by atoms with Gasteiger partial charge in [0.1, 0.15) is 17.5 Å². The number of hydrogen-bond acceptors (Lipinski definition) is 3. The number of H-pyrrole nitrogens is 1. The molecule has 0 aliphatic rings. The van der Waals surface area contributed by atoms with Crippen molar-refractivity contribution in [3.05, 3.63) is 41.6 Å². The predicted octanol–water partition coefficient (Wildman–Crippen LogP) is 1.59. The molecule has 2 rings (SSSR count). The van der Waals surface area contributed by atoms with E-state index in [9.17, 15) is 13.6 Å². The van der Waals surface area contributed by atoms with Gasteiger partial charge in [-0.1, -0.05) is 0 Å². The van der Waals surface area contributed by atoms with Crippen molar-refractivity contribution in [3.8, 4) is 0 Å². The van der Waals surface area contributed by atoms with Gasteiger partial charge in [0.15, 0.2) is 0 Å². The van der Waals surface area contributed by atoms with Crippen molar-refractivity contribution in [3.63, 3.8) is 0 Å². The topological polar surface area (TPSA) is 95.8 Å². The first kappa shape index (κ1) is 12.8. The summed E-state index contributed by atoms with van der Waals surface area (Å²) in [6, 6.07) is 2.23. The van der Waals surface area contributed by atoms with Gasteiger partial charge in [0, 0.05) is 18.2 Å². The lowest BCUT2D eigenvalue weighted by Crippen LogP contribution is -2.28. The van der Waals surface area contributed by atoms with Gasteiger partial charge in [-0.25, -0.2) is 13.6 Å². The maximum absolute atomic E-state index is 13.3. The first-order valence-corrected chi connectivity index (χ1v) is 5.34. The molecule has 0 bridgehead atoms. The van der Waals surface area contributed by atoms with E-state index in [4.69, 9.17) is 5.73 Å². The van der Waals surface area contributed by atoms with Crippen LogP contribution in [0, 0.1) is 11.6 Å². The van der Waals surface area contributed by atoms with E-state index in [1.54, 1.807) is 0 Å². The van der Waals surface area contributed by atoms with Crippen molar-refractivity contribution in [2.75, 3.05) is 11.1 Å². The molecule has 8 heteroatoms. The lowest BCUT2D eigenvalue weighted by atomic mass is 10.3. The van der Waals surface area contributed by atoms with Crippen molar-refractivity contribution in [2.24, 2.45) is 0 Å². The number of rotatable bonds is 3. The van der Waals surface area contributed by atoms with Crippen LogP contribution in [0.25, 0.3) is 0 Å². The Morgan fingerprint density at radius 3 is 2.84 bits per heavy atom. The number of benzene rings is 1. The third-order valence-corrected chi connectivity index (χ3v) is 2.37. The van der Waals surface area contributed by atoms with Gasteiger partial charge in [-0.2, -0.15) is 5.10 Å². The summed E-state index contributed by atoms with van der Waals surface area (Å²) in [5.41, 5.74) is 6.02. The Labute approximate surface area is 107 Å². The number of anilines is 2. The van der Waals surface area contributed by atoms with Crippen molar-refractivity contribution < 1.29 is 13.6 Å². The second-order valence-corrected chi connectivity index (χ2v) is 3.74. The molecule has 0 saturated carbocycles. The number of nitrogens with two attached hydrogens (primary N) is 1. The molecule has 0 aliphatic carbocycles. The summed E-state index contributed by atoms with van der Waals surface area (Å²) in [6.07, 6.45) is 1.47. The number of nitrogen functional groups attached to an aromatic ring is 1. The first-order valence-electron chi connectivity index (χ1n) is 5.34. The highest BCUT2D eigenvalue weighted by Crippen LogP contribution is 2.14. The van der Waals surface area contributed by atoms with Crippen LogP contribution < -0.4 is 16.4 Å². The lowest BCUT2D eigenvalue weighted by Gasteiger charge is -2.08. The summed E-state index contributed by atoms with van der Waals surface area (Å²) >= 11 is 0. The Kier molecular flexibility index (Phi) is 3.60. The van der Waals surface area contributed by atoms with E-state index in [1.807, 2.05) is 0 Å². The molecule has 5 N–H and O–H groups in total. The largest absolute Gasteiger partial charge is 0.384 e. The Morgan fingerprint density at radius 1 is 1.42 bits per heavy atom. The van der Waals surface area contributed by atoms with E-state index in [0.29, 0.717) is 17.4 Å². The van der Waals surface area contributed by atoms with E-state index >= 15 is 0 Å². The van der Waals surface area contributed by atoms with E-state index in [1.165, 1.54) is 6.20 Å². The fraction of sp³-hybridized carbons (Fsp3) is 0.0909. The number of aromatic nitrogens is 2. The number of carbonyl (C=O) groups is 1. The van der Waals surface area contributed by atoms with Gasteiger partial charge in [0.25, 0.3) is 0 Å². The minimum atomic E-state index is -0.849. The summed E-state index contributed by atoms with van der Waals surface area (Å²) < 4.78 is 25.9. The van der Waals surface area contributed by atoms with Gasteiger partial charge >= 0.3 is 6.03 Å². The number of hydrogen-bond donors (Lipinski definition) is 4. The van der Waals surface area contributed by atoms with Crippen LogP contribution in [-0.2, 0) is 6.54 Å². The lowest BCUT2D eigenvalue weighted by molar-refractivity contribution is 0.251. The van der Waals surface area contributed by atoms with Crippen molar-refractivity contribution >= 4 is 17.5 Å². The van der Waals surface area contributed by atoms with E-state index < -0.39 is 17.7 Å². The third kappa shape index (κ3) is 3.18. The molecule has 19 heavy (non-hydrogen) atoms. The van der Waals surface area contributed by atoms with Crippen LogP contribution in [0.5, 0.6) is 0 Å². The quantitative estimate of drug-likeness (QED) is 0.680. The van der Waals surface area contributed by atoms with Gasteiger partial charge in [-0.15, -0.1) is 0 Å². The fourth-order valence-corrected chi connectivity index (χ4v) is 1.39. The number of carbonyl (C=O) groups excluding carboxylic acids is 1. The predicted molar refractivity (Wildman–Crippen MR) is 65.2 cm³/mol. The van der Waals surface area contributed by atoms with Gasteiger partial charge in [-0.3, -0.25) is 5.10 Å². The Hall–Kier alpha value is -2.64. The van der Waals surface area contributed by atoms with E-state index in [2.05, 4.69) is 20.8 Å². The first-order chi connectivity index (χ1) is 9.06. The zero-order valence-electron chi connectivity index (χ0n) is 9.71. The SMILES string of the molecule is Nc1[nH]ncc1CNC(=O)Nc1ccc(F)cc1F. The van der Waals surface area contributed by atoms with Crippen LogP contribution in [0.1, 0.15) is 5.56 Å². The van der Waals surface area contributed by atoms with Crippen LogP contribution in [-0.4, -0.2) is 16.2 Å². The fourth-order valence-electron chi connectivity index (χ4n) is 1.39. The van der Waals surface area contributed by atoms with Crippen LogP contribution in [0.15, 0.2) is 24.4 Å². The molecule has 0 aliphatic heterocycles. The molecule has 2 amide bonds. The van der Waals surface area contributed by atoms with Gasteiger partial charge in [0.2, 0.25) is 0 Å². The maximum Gasteiger partial charge on any atom is 0.319 e. The Bertz CT molecular complexity index is 599. The number of nitrogens with one attached hydrogen (secondary N) is 3. The zero-order valence-corrected chi connectivity index (χ0v) is 9.71. The normalized spacial score (nSPS) is 10.2. The second-order valence-electron chi connectivity index (χ2n) is 3.74. The molecule has 0 fully saturated rings. The van der Waals surface area contributed by atoms with E-state index in [0.717, 1.165) is 12.1 Å². The van der Waals surface area contributed by atoms with Crippen LogP contribution in [0.3, 0.4) is 0 Å². The zero-order chi connectivity index (χ0) is 13.8. The van der Waals surface area contributed by atoms with Crippen molar-refractivity contribution in [1.82, 2.24) is 15.5 Å². The van der Waals surface area contributed by atoms with Crippen LogP contribution in [0.2, 0.25) is 0 Å². The summed E-state index contributed by atoms with van der Waals surface area (Å²) in [5.74, 6) is -1.22. The number of nitrogens with zero attached hydrogens (tertiary/aromatic N) is 1. The molecule has 1 aromatic carbocycles.